The predicted molar refractivity (Wildman–Crippen MR) is 67.0 cm³/mol. The fraction of sp³-hybridized carbons (Fsp3) is 0.333. The lowest BCUT2D eigenvalue weighted by molar-refractivity contribution is -0.137. The number of rotatable bonds is 3. The van der Waals surface area contributed by atoms with E-state index in [0.29, 0.717) is 0 Å². The van der Waals surface area contributed by atoms with E-state index < -0.39 is 5.97 Å². The van der Waals surface area contributed by atoms with Crippen LogP contribution in [0.5, 0.6) is 0 Å². The van der Waals surface area contributed by atoms with Gasteiger partial charge in [-0.2, -0.15) is 5.10 Å². The second kappa shape index (κ2) is 3.57. The predicted octanol–water partition coefficient (Wildman–Crippen LogP) is 2.83. The van der Waals surface area contributed by atoms with E-state index in [4.69, 9.17) is 5.11 Å². The van der Waals surface area contributed by atoms with Crippen LogP contribution in [-0.2, 0) is 10.2 Å². The Kier molecular flexibility index (Phi) is 2.26. The lowest BCUT2D eigenvalue weighted by Crippen LogP contribution is -2.13. The monoisotopic (exact) mass is 294 g/mol. The van der Waals surface area contributed by atoms with E-state index in [1.165, 1.54) is 0 Å². The summed E-state index contributed by atoms with van der Waals surface area (Å²) in [6.45, 7) is 0. The number of para-hydroxylation sites is 1. The Labute approximate surface area is 106 Å². The molecule has 1 aromatic heterocycles. The lowest BCUT2D eigenvalue weighted by Gasteiger charge is -2.13. The van der Waals surface area contributed by atoms with Gasteiger partial charge in [-0.25, -0.2) is 0 Å². The van der Waals surface area contributed by atoms with Gasteiger partial charge in [-0.05, 0) is 34.3 Å². The molecule has 0 saturated heterocycles. The van der Waals surface area contributed by atoms with Crippen LogP contribution in [0, 0.1) is 0 Å². The highest BCUT2D eigenvalue weighted by molar-refractivity contribution is 9.10. The number of benzene rings is 1. The quantitative estimate of drug-likeness (QED) is 0.915. The van der Waals surface area contributed by atoms with Crippen molar-refractivity contribution in [2.45, 2.75) is 24.7 Å². The minimum Gasteiger partial charge on any atom is -0.481 e. The van der Waals surface area contributed by atoms with Crippen molar-refractivity contribution in [3.8, 4) is 0 Å². The number of hydrogen-bond acceptors (Lipinski definition) is 2. The Hall–Kier alpha value is -1.36. The molecule has 5 heteroatoms. The first kappa shape index (κ1) is 10.8. The van der Waals surface area contributed by atoms with Gasteiger partial charge in [0.2, 0.25) is 0 Å². The third-order valence-electron chi connectivity index (χ3n) is 3.45. The zero-order chi connectivity index (χ0) is 12.0. The number of carboxylic acid groups (broad SMARTS) is 1. The molecule has 3 rings (SSSR count). The van der Waals surface area contributed by atoms with E-state index >= 15 is 0 Å². The lowest BCUT2D eigenvalue weighted by atomic mass is 9.91. The number of aromatic amines is 1. The topological polar surface area (TPSA) is 66.0 Å². The highest BCUT2D eigenvalue weighted by Crippen LogP contribution is 2.52. The summed E-state index contributed by atoms with van der Waals surface area (Å²) in [6.07, 6.45) is 2.06. The molecule has 1 heterocycles. The van der Waals surface area contributed by atoms with Crippen LogP contribution in [0.1, 0.15) is 24.8 Å². The molecule has 1 aliphatic carbocycles. The Bertz CT molecular complexity index is 602. The van der Waals surface area contributed by atoms with Crippen molar-refractivity contribution in [1.82, 2.24) is 10.2 Å². The van der Waals surface area contributed by atoms with Crippen LogP contribution >= 0.6 is 15.9 Å². The molecule has 4 nitrogen and oxygen atoms in total. The van der Waals surface area contributed by atoms with Gasteiger partial charge in [0, 0.05) is 10.8 Å². The van der Waals surface area contributed by atoms with Gasteiger partial charge in [0.05, 0.1) is 11.9 Å². The Balaban J connectivity index is 2.15. The number of nitrogens with one attached hydrogen (secondary N) is 1. The van der Waals surface area contributed by atoms with Gasteiger partial charge in [0.15, 0.2) is 0 Å². The number of hydrogen-bond donors (Lipinski definition) is 2. The molecule has 1 aromatic carbocycles. The Morgan fingerprint density at radius 2 is 2.29 bits per heavy atom. The molecule has 0 aliphatic heterocycles. The molecule has 0 radical (unpaired) electrons. The fourth-order valence-corrected chi connectivity index (χ4v) is 2.82. The minimum absolute atomic E-state index is 0.191. The normalized spacial score (nSPS) is 17.2. The average molecular weight is 295 g/mol. The maximum Gasteiger partial charge on any atom is 0.304 e. The van der Waals surface area contributed by atoms with Crippen molar-refractivity contribution in [1.29, 1.82) is 0 Å². The van der Waals surface area contributed by atoms with Crippen LogP contribution in [0.25, 0.3) is 10.9 Å². The summed E-state index contributed by atoms with van der Waals surface area (Å²) in [4.78, 5) is 10.9. The maximum absolute atomic E-state index is 10.9. The summed E-state index contributed by atoms with van der Waals surface area (Å²) < 4.78 is 0.848. The number of carbonyl (C=O) groups is 1. The number of aromatic nitrogens is 2. The number of H-pyrrole nitrogens is 1. The summed E-state index contributed by atoms with van der Waals surface area (Å²) in [7, 11) is 0. The van der Waals surface area contributed by atoms with Crippen LogP contribution in [0.15, 0.2) is 22.8 Å². The molecule has 88 valence electrons. The van der Waals surface area contributed by atoms with Gasteiger partial charge in [0.1, 0.15) is 4.60 Å². The van der Waals surface area contributed by atoms with Crippen LogP contribution in [0.4, 0.5) is 0 Å². The van der Waals surface area contributed by atoms with Crippen LogP contribution in [-0.4, -0.2) is 21.3 Å². The highest BCUT2D eigenvalue weighted by atomic mass is 79.9. The number of halogens is 1. The second-order valence-corrected chi connectivity index (χ2v) is 5.38. The van der Waals surface area contributed by atoms with Gasteiger partial charge >= 0.3 is 5.97 Å². The summed E-state index contributed by atoms with van der Waals surface area (Å²) >= 11 is 3.40. The molecule has 1 fully saturated rings. The average Bonchev–Trinajstić information content (AvgIpc) is 2.96. The number of fused-ring (bicyclic) bond motifs is 1. The van der Waals surface area contributed by atoms with Crippen molar-refractivity contribution >= 4 is 32.8 Å². The smallest absolute Gasteiger partial charge is 0.304 e. The highest BCUT2D eigenvalue weighted by Gasteiger charge is 2.47. The number of nitrogens with zero attached hydrogens (tertiary/aromatic N) is 1. The second-order valence-electron chi connectivity index (χ2n) is 4.59. The van der Waals surface area contributed by atoms with Gasteiger partial charge < -0.3 is 5.11 Å². The molecule has 0 spiro atoms. The van der Waals surface area contributed by atoms with E-state index in [-0.39, 0.29) is 11.8 Å². The van der Waals surface area contributed by atoms with Gasteiger partial charge in [-0.15, -0.1) is 0 Å². The first-order valence-electron chi connectivity index (χ1n) is 5.47. The van der Waals surface area contributed by atoms with Gasteiger partial charge in [0.25, 0.3) is 0 Å². The van der Waals surface area contributed by atoms with Crippen molar-refractivity contribution in [3.05, 3.63) is 28.4 Å². The van der Waals surface area contributed by atoms with Crippen LogP contribution in [0.3, 0.4) is 0 Å². The third kappa shape index (κ3) is 1.65. The number of aliphatic carboxylic acids is 1. The largest absolute Gasteiger partial charge is 0.481 e. The zero-order valence-electron chi connectivity index (χ0n) is 9.03. The van der Waals surface area contributed by atoms with Gasteiger partial charge in [-0.3, -0.25) is 9.89 Å². The fourth-order valence-electron chi connectivity index (χ4n) is 2.42. The molecule has 2 aromatic rings. The maximum atomic E-state index is 10.9. The zero-order valence-corrected chi connectivity index (χ0v) is 10.6. The molecule has 17 heavy (non-hydrogen) atoms. The van der Waals surface area contributed by atoms with Crippen LogP contribution in [0.2, 0.25) is 0 Å². The first-order valence-corrected chi connectivity index (χ1v) is 6.27. The molecule has 2 N–H and O–H groups in total. The summed E-state index contributed by atoms with van der Waals surface area (Å²) in [5.41, 5.74) is 1.75. The van der Waals surface area contributed by atoms with E-state index in [0.717, 1.165) is 33.9 Å². The van der Waals surface area contributed by atoms with Crippen molar-refractivity contribution < 1.29 is 9.90 Å². The molecule has 0 bridgehead atoms. The third-order valence-corrected chi connectivity index (χ3v) is 4.06. The van der Waals surface area contributed by atoms with Crippen molar-refractivity contribution in [2.75, 3.05) is 0 Å². The Morgan fingerprint density at radius 1 is 1.53 bits per heavy atom. The number of carboxylic acids is 1. The van der Waals surface area contributed by atoms with E-state index in [2.05, 4.69) is 26.1 Å². The van der Waals surface area contributed by atoms with Crippen molar-refractivity contribution in [3.63, 3.8) is 0 Å². The standard InChI is InChI=1S/C12H11BrN2O2/c13-11-7-2-1-3-8(10(7)14-15-11)12(4-5-12)6-9(16)17/h1-3H,4-6H2,(H,14,15)(H,16,17). The molecular formula is C12H11BrN2O2. The van der Waals surface area contributed by atoms with Gasteiger partial charge in [-0.1, -0.05) is 18.2 Å². The minimum atomic E-state index is -0.742. The molecule has 1 aliphatic rings. The van der Waals surface area contributed by atoms with E-state index in [1.807, 2.05) is 18.2 Å². The van der Waals surface area contributed by atoms with E-state index in [1.54, 1.807) is 0 Å². The first-order chi connectivity index (χ1) is 8.12. The molecule has 0 amide bonds. The van der Waals surface area contributed by atoms with Crippen molar-refractivity contribution in [2.24, 2.45) is 0 Å². The molecular weight excluding hydrogens is 284 g/mol. The SMILES string of the molecule is O=C(O)CC1(c2cccc3c(Br)[nH]nc23)CC1. The van der Waals surface area contributed by atoms with Crippen LogP contribution < -0.4 is 0 Å². The molecule has 0 atom stereocenters. The molecule has 0 unspecified atom stereocenters. The molecule has 1 saturated carbocycles. The summed E-state index contributed by atoms with van der Waals surface area (Å²) in [6, 6.07) is 5.93. The summed E-state index contributed by atoms with van der Waals surface area (Å²) in [5, 5.41) is 17.2. The van der Waals surface area contributed by atoms with E-state index in [9.17, 15) is 4.79 Å². The summed E-state index contributed by atoms with van der Waals surface area (Å²) in [5.74, 6) is -0.742. The Morgan fingerprint density at radius 3 is 2.94 bits per heavy atom.